The second-order valence-corrected chi connectivity index (χ2v) is 9.73. The molecular formula is C28H36N2O6. The smallest absolute Gasteiger partial charge is 0.411 e. The highest BCUT2D eigenvalue weighted by molar-refractivity contribution is 5.79. The van der Waals surface area contributed by atoms with Gasteiger partial charge >= 0.3 is 18.2 Å². The van der Waals surface area contributed by atoms with Crippen molar-refractivity contribution in [2.75, 3.05) is 26.2 Å². The molecule has 0 atom stereocenters. The van der Waals surface area contributed by atoms with E-state index in [1.165, 1.54) is 4.90 Å². The summed E-state index contributed by atoms with van der Waals surface area (Å²) in [6.45, 7) is 7.04. The minimum Gasteiger partial charge on any atom is -0.459 e. The molecule has 2 aromatic rings. The van der Waals surface area contributed by atoms with Gasteiger partial charge in [-0.15, -0.1) is 0 Å². The summed E-state index contributed by atoms with van der Waals surface area (Å²) in [6, 6.07) is 18.7. The molecule has 0 unspecified atom stereocenters. The molecule has 1 saturated heterocycles. The second-order valence-electron chi connectivity index (χ2n) is 9.73. The topological polar surface area (TPSA) is 85.4 Å². The fraction of sp³-hybridized carbons (Fsp3) is 0.464. The molecule has 1 fully saturated rings. The van der Waals surface area contributed by atoms with E-state index < -0.39 is 17.6 Å². The van der Waals surface area contributed by atoms with E-state index in [4.69, 9.17) is 14.2 Å². The number of hydrogen-bond donors (Lipinski definition) is 0. The van der Waals surface area contributed by atoms with Gasteiger partial charge in [-0.05, 0) is 36.8 Å². The van der Waals surface area contributed by atoms with Gasteiger partial charge in [-0.2, -0.15) is 0 Å². The summed E-state index contributed by atoms with van der Waals surface area (Å²) in [4.78, 5) is 41.5. The molecule has 0 N–H and O–H groups in total. The molecule has 8 nitrogen and oxygen atoms in total. The van der Waals surface area contributed by atoms with E-state index in [2.05, 4.69) is 0 Å². The van der Waals surface area contributed by atoms with Crippen molar-refractivity contribution in [3.8, 4) is 0 Å². The summed E-state index contributed by atoms with van der Waals surface area (Å²) >= 11 is 0. The van der Waals surface area contributed by atoms with Crippen LogP contribution in [0.5, 0.6) is 0 Å². The molecule has 1 heterocycles. The number of nitrogens with zero attached hydrogens (tertiary/aromatic N) is 2. The van der Waals surface area contributed by atoms with Crippen molar-refractivity contribution in [2.45, 2.75) is 52.4 Å². The van der Waals surface area contributed by atoms with Gasteiger partial charge in [-0.3, -0.25) is 9.69 Å². The summed E-state index contributed by atoms with van der Waals surface area (Å²) in [6.07, 6.45) is 0.0203. The Bertz CT molecular complexity index is 988. The summed E-state index contributed by atoms with van der Waals surface area (Å²) in [5, 5.41) is 0. The Balaban J connectivity index is 1.65. The molecule has 1 aliphatic rings. The average Bonchev–Trinajstić information content (AvgIpc) is 2.89. The van der Waals surface area contributed by atoms with E-state index in [9.17, 15) is 14.4 Å². The highest BCUT2D eigenvalue weighted by atomic mass is 16.6. The largest absolute Gasteiger partial charge is 0.459 e. The van der Waals surface area contributed by atoms with Crippen molar-refractivity contribution >= 4 is 18.2 Å². The number of carbonyl (C=O) groups is 3. The summed E-state index contributed by atoms with van der Waals surface area (Å²) in [5.41, 5.74) is 1.03. The number of amides is 2. The third kappa shape index (κ3) is 8.00. The van der Waals surface area contributed by atoms with Gasteiger partial charge in [0.1, 0.15) is 19.8 Å². The Morgan fingerprint density at radius 3 is 1.92 bits per heavy atom. The van der Waals surface area contributed by atoms with Gasteiger partial charge in [-0.25, -0.2) is 9.59 Å². The monoisotopic (exact) mass is 496 g/mol. The lowest BCUT2D eigenvalue weighted by atomic mass is 9.88. The quantitative estimate of drug-likeness (QED) is 0.358. The van der Waals surface area contributed by atoms with Crippen molar-refractivity contribution in [3.05, 3.63) is 71.8 Å². The highest BCUT2D eigenvalue weighted by Crippen LogP contribution is 2.30. The standard InChI is InChI=1S/C28H36N2O6/c1-22(2)19-35-26(32)29-16-14-28(3,15-17-29)30(27(33)36-21-24-12-8-5-9-13-24)18-25(31)34-20-23-10-6-4-7-11-23/h4-13,22H,14-21H2,1-3H3. The maximum atomic E-state index is 13.2. The average molecular weight is 497 g/mol. The van der Waals surface area contributed by atoms with Crippen molar-refractivity contribution in [1.29, 1.82) is 0 Å². The lowest BCUT2D eigenvalue weighted by Gasteiger charge is -2.45. The minimum absolute atomic E-state index is 0.0962. The van der Waals surface area contributed by atoms with Crippen LogP contribution in [0.4, 0.5) is 9.59 Å². The molecule has 2 aromatic carbocycles. The van der Waals surface area contributed by atoms with Gasteiger partial charge in [0.2, 0.25) is 0 Å². The van der Waals surface area contributed by atoms with E-state index in [1.807, 2.05) is 81.4 Å². The van der Waals surface area contributed by atoms with Crippen molar-refractivity contribution in [3.63, 3.8) is 0 Å². The normalized spacial score (nSPS) is 14.7. The van der Waals surface area contributed by atoms with Crippen molar-refractivity contribution in [1.82, 2.24) is 9.80 Å². The number of likely N-dealkylation sites (tertiary alicyclic amines) is 1. The fourth-order valence-corrected chi connectivity index (χ4v) is 3.96. The number of carbonyl (C=O) groups excluding carboxylic acids is 3. The first kappa shape index (κ1) is 27.0. The van der Waals surface area contributed by atoms with Gasteiger partial charge in [0.05, 0.1) is 6.61 Å². The molecular weight excluding hydrogens is 460 g/mol. The number of ether oxygens (including phenoxy) is 3. The third-order valence-electron chi connectivity index (χ3n) is 6.25. The first-order valence-electron chi connectivity index (χ1n) is 12.4. The Morgan fingerprint density at radius 2 is 1.39 bits per heavy atom. The number of esters is 1. The number of benzene rings is 2. The van der Waals surface area contributed by atoms with Gasteiger partial charge in [0.25, 0.3) is 0 Å². The first-order chi connectivity index (χ1) is 17.3. The van der Waals surface area contributed by atoms with E-state index in [0.29, 0.717) is 32.5 Å². The van der Waals surface area contributed by atoms with Gasteiger partial charge in [0.15, 0.2) is 0 Å². The van der Waals surface area contributed by atoms with Crippen LogP contribution >= 0.6 is 0 Å². The Hall–Kier alpha value is -3.55. The number of hydrogen-bond acceptors (Lipinski definition) is 6. The SMILES string of the molecule is CC(C)COC(=O)N1CCC(C)(N(CC(=O)OCc2ccccc2)C(=O)OCc2ccccc2)CC1. The van der Waals surface area contributed by atoms with Crippen LogP contribution in [0.2, 0.25) is 0 Å². The van der Waals surface area contributed by atoms with Gasteiger partial charge in [-0.1, -0.05) is 74.5 Å². The van der Waals surface area contributed by atoms with Crippen molar-refractivity contribution < 1.29 is 28.6 Å². The Morgan fingerprint density at radius 1 is 0.861 bits per heavy atom. The predicted molar refractivity (Wildman–Crippen MR) is 135 cm³/mol. The zero-order valence-electron chi connectivity index (χ0n) is 21.4. The summed E-state index contributed by atoms with van der Waals surface area (Å²) < 4.78 is 16.4. The molecule has 194 valence electrons. The van der Waals surface area contributed by atoms with E-state index in [1.54, 1.807) is 4.90 Å². The zero-order valence-corrected chi connectivity index (χ0v) is 21.4. The van der Waals surface area contributed by atoms with Crippen molar-refractivity contribution in [2.24, 2.45) is 5.92 Å². The van der Waals surface area contributed by atoms with Crippen LogP contribution in [0.3, 0.4) is 0 Å². The molecule has 0 spiro atoms. The van der Waals surface area contributed by atoms with Crippen LogP contribution in [0, 0.1) is 5.92 Å². The van der Waals surface area contributed by atoms with Crippen LogP contribution in [-0.4, -0.2) is 59.7 Å². The van der Waals surface area contributed by atoms with E-state index in [-0.39, 0.29) is 31.8 Å². The molecule has 1 aliphatic heterocycles. The summed E-state index contributed by atoms with van der Waals surface area (Å²) in [7, 11) is 0. The minimum atomic E-state index is -0.686. The van der Waals surface area contributed by atoms with Crippen LogP contribution < -0.4 is 0 Å². The van der Waals surface area contributed by atoms with Crippen LogP contribution in [-0.2, 0) is 32.2 Å². The van der Waals surface area contributed by atoms with E-state index in [0.717, 1.165) is 11.1 Å². The second kappa shape index (κ2) is 13.0. The van der Waals surface area contributed by atoms with E-state index >= 15 is 0 Å². The van der Waals surface area contributed by atoms with Crippen LogP contribution in [0.25, 0.3) is 0 Å². The fourth-order valence-electron chi connectivity index (χ4n) is 3.96. The lowest BCUT2D eigenvalue weighted by Crippen LogP contribution is -2.58. The predicted octanol–water partition coefficient (Wildman–Crippen LogP) is 5.02. The maximum Gasteiger partial charge on any atom is 0.411 e. The van der Waals surface area contributed by atoms with Crippen LogP contribution in [0.15, 0.2) is 60.7 Å². The Kier molecular flexibility index (Phi) is 9.73. The van der Waals surface area contributed by atoms with Gasteiger partial charge in [0, 0.05) is 18.6 Å². The molecule has 0 radical (unpaired) electrons. The lowest BCUT2D eigenvalue weighted by molar-refractivity contribution is -0.147. The molecule has 0 aromatic heterocycles. The zero-order chi connectivity index (χ0) is 26.0. The molecule has 0 aliphatic carbocycles. The van der Waals surface area contributed by atoms with Crippen LogP contribution in [0.1, 0.15) is 44.7 Å². The number of rotatable bonds is 9. The molecule has 0 bridgehead atoms. The molecule has 8 heteroatoms. The van der Waals surface area contributed by atoms with Gasteiger partial charge < -0.3 is 19.1 Å². The molecule has 0 saturated carbocycles. The highest BCUT2D eigenvalue weighted by Gasteiger charge is 2.41. The Labute approximate surface area is 213 Å². The first-order valence-corrected chi connectivity index (χ1v) is 12.4. The molecule has 3 rings (SSSR count). The summed E-state index contributed by atoms with van der Waals surface area (Å²) in [5.74, 6) is -0.267. The maximum absolute atomic E-state index is 13.2. The molecule has 2 amide bonds. The molecule has 36 heavy (non-hydrogen) atoms. The third-order valence-corrected chi connectivity index (χ3v) is 6.25. The number of piperidine rings is 1.